The lowest BCUT2D eigenvalue weighted by molar-refractivity contribution is -0.0281. The van der Waals surface area contributed by atoms with Crippen molar-refractivity contribution in [1.82, 2.24) is 4.90 Å². The minimum Gasteiger partial charge on any atom is -0.389 e. The van der Waals surface area contributed by atoms with Gasteiger partial charge in [-0.25, -0.2) is 0 Å². The van der Waals surface area contributed by atoms with Crippen LogP contribution in [-0.4, -0.2) is 33.2 Å². The van der Waals surface area contributed by atoms with E-state index in [1.54, 1.807) is 38.1 Å². The number of carbonyl (C=O) groups is 1. The Morgan fingerprint density at radius 1 is 1.38 bits per heavy atom. The average molecular weight is 221 g/mol. The summed E-state index contributed by atoms with van der Waals surface area (Å²) in [6.07, 6.45) is -0.949. The maximum absolute atomic E-state index is 11.9. The lowest BCUT2D eigenvalue weighted by Crippen LogP contribution is -2.40. The van der Waals surface area contributed by atoms with Gasteiger partial charge in [-0.3, -0.25) is 4.79 Å². The highest BCUT2D eigenvalue weighted by Crippen LogP contribution is 2.32. The molecule has 1 heterocycles. The normalized spacial score (nSPS) is 20.1. The molecule has 0 saturated heterocycles. The number of hydrogen-bond donors (Lipinski definition) is 2. The molecule has 4 heteroatoms. The highest BCUT2D eigenvalue weighted by Gasteiger charge is 2.37. The summed E-state index contributed by atoms with van der Waals surface area (Å²) in [5.41, 5.74) is 0.106. The van der Waals surface area contributed by atoms with Gasteiger partial charge < -0.3 is 15.1 Å². The highest BCUT2D eigenvalue weighted by atomic mass is 16.3. The fourth-order valence-electron chi connectivity index (χ4n) is 1.93. The van der Waals surface area contributed by atoms with Gasteiger partial charge in [0.1, 0.15) is 0 Å². The van der Waals surface area contributed by atoms with Crippen LogP contribution >= 0.6 is 0 Å². The number of aliphatic hydroxyl groups excluding tert-OH is 1. The van der Waals surface area contributed by atoms with Crippen LogP contribution < -0.4 is 0 Å². The predicted octanol–water partition coefficient (Wildman–Crippen LogP) is 0.904. The Morgan fingerprint density at radius 3 is 2.56 bits per heavy atom. The van der Waals surface area contributed by atoms with Crippen molar-refractivity contribution in [1.29, 1.82) is 0 Å². The molecule has 0 radical (unpaired) electrons. The second kappa shape index (κ2) is 3.57. The maximum atomic E-state index is 11.9. The zero-order valence-corrected chi connectivity index (χ0v) is 9.34. The van der Waals surface area contributed by atoms with E-state index in [2.05, 4.69) is 0 Å². The molecule has 4 nitrogen and oxygen atoms in total. The van der Waals surface area contributed by atoms with E-state index in [0.29, 0.717) is 11.1 Å². The van der Waals surface area contributed by atoms with Gasteiger partial charge in [0.15, 0.2) is 6.23 Å². The molecule has 1 aromatic carbocycles. The van der Waals surface area contributed by atoms with Crippen LogP contribution in [0.2, 0.25) is 0 Å². The molecule has 16 heavy (non-hydrogen) atoms. The van der Waals surface area contributed by atoms with Gasteiger partial charge in [-0.05, 0) is 19.9 Å². The van der Waals surface area contributed by atoms with E-state index in [9.17, 15) is 15.0 Å². The van der Waals surface area contributed by atoms with Crippen molar-refractivity contribution in [2.75, 3.05) is 6.54 Å². The largest absolute Gasteiger partial charge is 0.389 e. The summed E-state index contributed by atoms with van der Waals surface area (Å²) < 4.78 is 0. The summed E-state index contributed by atoms with van der Waals surface area (Å²) in [5.74, 6) is -0.231. The van der Waals surface area contributed by atoms with E-state index >= 15 is 0 Å². The molecule has 2 N–H and O–H groups in total. The first kappa shape index (κ1) is 11.1. The molecular formula is C12H15NO3. The molecule has 0 fully saturated rings. The molecule has 0 aromatic heterocycles. The number of hydrogen-bond acceptors (Lipinski definition) is 3. The topological polar surface area (TPSA) is 60.8 Å². The SMILES string of the molecule is CC(C)(O)CN1C(=O)c2ccccc2C1O. The molecule has 0 saturated carbocycles. The number of benzene rings is 1. The van der Waals surface area contributed by atoms with Crippen LogP contribution in [0.4, 0.5) is 0 Å². The molecule has 0 spiro atoms. The Balaban J connectivity index is 2.32. The lowest BCUT2D eigenvalue weighted by Gasteiger charge is -2.27. The Kier molecular flexibility index (Phi) is 2.48. The summed E-state index contributed by atoms with van der Waals surface area (Å²) in [6, 6.07) is 6.95. The zero-order chi connectivity index (χ0) is 11.9. The summed E-state index contributed by atoms with van der Waals surface area (Å²) in [4.78, 5) is 13.2. The van der Waals surface area contributed by atoms with Crippen LogP contribution in [0.3, 0.4) is 0 Å². The van der Waals surface area contributed by atoms with Crippen LogP contribution in [0.5, 0.6) is 0 Å². The van der Waals surface area contributed by atoms with Gasteiger partial charge in [-0.1, -0.05) is 18.2 Å². The van der Waals surface area contributed by atoms with Crippen molar-refractivity contribution < 1.29 is 15.0 Å². The van der Waals surface area contributed by atoms with E-state index in [-0.39, 0.29) is 12.5 Å². The second-order valence-corrected chi connectivity index (χ2v) is 4.71. The first-order valence-corrected chi connectivity index (χ1v) is 5.20. The molecule has 1 atom stereocenters. The average Bonchev–Trinajstić information content (AvgIpc) is 2.43. The van der Waals surface area contributed by atoms with Crippen LogP contribution in [0.1, 0.15) is 36.0 Å². The van der Waals surface area contributed by atoms with E-state index in [1.807, 2.05) is 0 Å². The number of fused-ring (bicyclic) bond motifs is 1. The van der Waals surface area contributed by atoms with Gasteiger partial charge in [0.05, 0.1) is 12.1 Å². The van der Waals surface area contributed by atoms with Gasteiger partial charge in [-0.15, -0.1) is 0 Å². The summed E-state index contributed by atoms with van der Waals surface area (Å²) in [5, 5.41) is 19.7. The highest BCUT2D eigenvalue weighted by molar-refractivity contribution is 5.98. The molecule has 2 rings (SSSR count). The second-order valence-electron chi connectivity index (χ2n) is 4.71. The summed E-state index contributed by atoms with van der Waals surface area (Å²) >= 11 is 0. The molecule has 1 aromatic rings. The minimum absolute atomic E-state index is 0.113. The molecule has 0 bridgehead atoms. The van der Waals surface area contributed by atoms with Crippen LogP contribution in [0, 0.1) is 0 Å². The fraction of sp³-hybridized carbons (Fsp3) is 0.417. The number of aliphatic hydroxyl groups is 2. The number of rotatable bonds is 2. The quantitative estimate of drug-likeness (QED) is 0.780. The van der Waals surface area contributed by atoms with Crippen LogP contribution in [0.25, 0.3) is 0 Å². The summed E-state index contributed by atoms with van der Waals surface area (Å²) in [7, 11) is 0. The van der Waals surface area contributed by atoms with E-state index in [1.165, 1.54) is 4.90 Å². The third-order valence-electron chi connectivity index (χ3n) is 2.58. The van der Waals surface area contributed by atoms with E-state index < -0.39 is 11.8 Å². The third kappa shape index (κ3) is 1.81. The molecule has 1 amide bonds. The van der Waals surface area contributed by atoms with Crippen molar-refractivity contribution in [2.45, 2.75) is 25.7 Å². The van der Waals surface area contributed by atoms with Gasteiger partial charge >= 0.3 is 0 Å². The van der Waals surface area contributed by atoms with Gasteiger partial charge in [0, 0.05) is 11.1 Å². The minimum atomic E-state index is -1.02. The van der Waals surface area contributed by atoms with E-state index in [0.717, 1.165) is 0 Å². The maximum Gasteiger partial charge on any atom is 0.256 e. The molecular weight excluding hydrogens is 206 g/mol. The van der Waals surface area contributed by atoms with Crippen molar-refractivity contribution in [3.05, 3.63) is 35.4 Å². The van der Waals surface area contributed by atoms with Crippen LogP contribution in [0.15, 0.2) is 24.3 Å². The number of amides is 1. The number of β-amino-alcohol motifs (C(OH)–C–C–N with tert-alkyl or cyclic N) is 1. The fourth-order valence-corrected chi connectivity index (χ4v) is 1.93. The Labute approximate surface area is 94.1 Å². The van der Waals surface area contributed by atoms with Gasteiger partial charge in [-0.2, -0.15) is 0 Å². The van der Waals surface area contributed by atoms with Crippen molar-refractivity contribution in [3.63, 3.8) is 0 Å². The van der Waals surface area contributed by atoms with Crippen molar-refractivity contribution in [3.8, 4) is 0 Å². The molecule has 1 aliphatic rings. The number of carbonyl (C=O) groups excluding carboxylic acids is 1. The van der Waals surface area contributed by atoms with Gasteiger partial charge in [0.2, 0.25) is 0 Å². The molecule has 1 aliphatic heterocycles. The standard InChI is InChI=1S/C12H15NO3/c1-12(2,16)7-13-10(14)8-5-3-4-6-9(8)11(13)15/h3-6,10,14,16H,7H2,1-2H3. The lowest BCUT2D eigenvalue weighted by atomic mass is 10.1. The first-order chi connectivity index (χ1) is 7.40. The third-order valence-corrected chi connectivity index (χ3v) is 2.58. The smallest absolute Gasteiger partial charge is 0.256 e. The molecule has 86 valence electrons. The Bertz CT molecular complexity index is 423. The molecule has 0 aliphatic carbocycles. The van der Waals surface area contributed by atoms with Crippen molar-refractivity contribution in [2.24, 2.45) is 0 Å². The van der Waals surface area contributed by atoms with E-state index in [4.69, 9.17) is 0 Å². The van der Waals surface area contributed by atoms with Crippen molar-refractivity contribution >= 4 is 5.91 Å². The predicted molar refractivity (Wildman–Crippen MR) is 58.7 cm³/mol. The number of nitrogens with zero attached hydrogens (tertiary/aromatic N) is 1. The monoisotopic (exact) mass is 221 g/mol. The Hall–Kier alpha value is -1.39. The first-order valence-electron chi connectivity index (χ1n) is 5.20. The van der Waals surface area contributed by atoms with Crippen LogP contribution in [-0.2, 0) is 0 Å². The molecule has 1 unspecified atom stereocenters. The zero-order valence-electron chi connectivity index (χ0n) is 9.34. The summed E-state index contributed by atoms with van der Waals surface area (Å²) in [6.45, 7) is 3.33. The van der Waals surface area contributed by atoms with Gasteiger partial charge in [0.25, 0.3) is 5.91 Å². The Morgan fingerprint density at radius 2 is 2.00 bits per heavy atom.